The number of hydrogen-bond acceptors (Lipinski definition) is 3. The third kappa shape index (κ3) is 1.59. The average molecular weight is 185 g/mol. The fraction of sp³-hybridized carbons (Fsp3) is 0.750. The van der Waals surface area contributed by atoms with Crippen LogP contribution >= 0.6 is 0 Å². The first-order chi connectivity index (χ1) is 6.13. The van der Waals surface area contributed by atoms with Crippen LogP contribution in [-0.2, 0) is 4.79 Å². The van der Waals surface area contributed by atoms with E-state index in [0.29, 0.717) is 12.8 Å². The molecule has 0 aromatic rings. The molecule has 1 aliphatic rings. The molecular formula is C8H15N3O2. The van der Waals surface area contributed by atoms with E-state index >= 15 is 0 Å². The zero-order chi connectivity index (χ0) is 9.90. The van der Waals surface area contributed by atoms with Crippen LogP contribution in [0.3, 0.4) is 0 Å². The van der Waals surface area contributed by atoms with Crippen LogP contribution in [-0.4, -0.2) is 17.0 Å². The summed E-state index contributed by atoms with van der Waals surface area (Å²) in [4.78, 5) is 11.2. The number of nitrogens with two attached hydrogens (primary N) is 2. The van der Waals surface area contributed by atoms with E-state index in [4.69, 9.17) is 16.7 Å². The standard InChI is InChI=1S/C8H15N3O2/c9-6(11-13)8(7(10)12)4-2-1-3-5-8/h13H,1-5H2,(H2,9,11)(H2,10,12). The molecule has 5 nitrogen and oxygen atoms in total. The molecule has 0 unspecified atom stereocenters. The summed E-state index contributed by atoms with van der Waals surface area (Å²) in [5, 5.41) is 11.5. The van der Waals surface area contributed by atoms with Gasteiger partial charge in [-0.2, -0.15) is 0 Å². The smallest absolute Gasteiger partial charge is 0.231 e. The van der Waals surface area contributed by atoms with Gasteiger partial charge in [0.15, 0.2) is 5.84 Å². The number of nitrogens with zero attached hydrogens (tertiary/aromatic N) is 1. The Morgan fingerprint density at radius 2 is 1.77 bits per heavy atom. The molecule has 0 aliphatic heterocycles. The van der Waals surface area contributed by atoms with Gasteiger partial charge in [0.05, 0.1) is 0 Å². The Morgan fingerprint density at radius 3 is 2.15 bits per heavy atom. The normalized spacial score (nSPS) is 22.6. The number of primary amides is 1. The van der Waals surface area contributed by atoms with Crippen LogP contribution in [0.15, 0.2) is 5.16 Å². The summed E-state index contributed by atoms with van der Waals surface area (Å²) in [6, 6.07) is 0. The second-order valence-electron chi connectivity index (χ2n) is 3.49. The van der Waals surface area contributed by atoms with E-state index in [9.17, 15) is 4.79 Å². The maximum atomic E-state index is 11.2. The van der Waals surface area contributed by atoms with Crippen molar-refractivity contribution in [2.75, 3.05) is 0 Å². The Kier molecular flexibility index (Phi) is 2.75. The molecule has 5 N–H and O–H groups in total. The number of oxime groups is 1. The largest absolute Gasteiger partial charge is 0.409 e. The van der Waals surface area contributed by atoms with E-state index in [-0.39, 0.29) is 5.84 Å². The highest BCUT2D eigenvalue weighted by Crippen LogP contribution is 2.36. The summed E-state index contributed by atoms with van der Waals surface area (Å²) in [6.45, 7) is 0. The van der Waals surface area contributed by atoms with Gasteiger partial charge in [0.2, 0.25) is 5.91 Å². The molecule has 5 heteroatoms. The third-order valence-electron chi connectivity index (χ3n) is 2.78. The lowest BCUT2D eigenvalue weighted by atomic mass is 9.72. The van der Waals surface area contributed by atoms with Gasteiger partial charge in [0.25, 0.3) is 0 Å². The first-order valence-electron chi connectivity index (χ1n) is 4.41. The zero-order valence-electron chi connectivity index (χ0n) is 7.49. The van der Waals surface area contributed by atoms with Crippen LogP contribution in [0.4, 0.5) is 0 Å². The molecule has 0 saturated heterocycles. The molecule has 1 fully saturated rings. The summed E-state index contributed by atoms with van der Waals surface area (Å²) in [5.74, 6) is -0.526. The van der Waals surface area contributed by atoms with Crippen molar-refractivity contribution in [2.24, 2.45) is 22.0 Å². The Balaban J connectivity index is 2.92. The molecule has 13 heavy (non-hydrogen) atoms. The van der Waals surface area contributed by atoms with E-state index in [0.717, 1.165) is 19.3 Å². The Hall–Kier alpha value is -1.26. The summed E-state index contributed by atoms with van der Waals surface area (Å²) in [6.07, 6.45) is 4.07. The topological polar surface area (TPSA) is 102 Å². The van der Waals surface area contributed by atoms with Crippen LogP contribution < -0.4 is 11.5 Å². The van der Waals surface area contributed by atoms with Crippen molar-refractivity contribution in [3.05, 3.63) is 0 Å². The maximum Gasteiger partial charge on any atom is 0.231 e. The average Bonchev–Trinajstić information content (AvgIpc) is 2.17. The highest BCUT2D eigenvalue weighted by atomic mass is 16.4. The summed E-state index contributed by atoms with van der Waals surface area (Å²) < 4.78 is 0. The van der Waals surface area contributed by atoms with Crippen molar-refractivity contribution >= 4 is 11.7 Å². The van der Waals surface area contributed by atoms with Gasteiger partial charge in [0, 0.05) is 0 Å². The third-order valence-corrected chi connectivity index (χ3v) is 2.78. The number of hydrogen-bond donors (Lipinski definition) is 3. The van der Waals surface area contributed by atoms with Gasteiger partial charge in [-0.05, 0) is 12.8 Å². The molecule has 0 radical (unpaired) electrons. The van der Waals surface area contributed by atoms with Gasteiger partial charge in [-0.1, -0.05) is 24.4 Å². The number of amides is 1. The molecule has 1 saturated carbocycles. The number of rotatable bonds is 2. The molecule has 0 spiro atoms. The minimum Gasteiger partial charge on any atom is -0.409 e. The van der Waals surface area contributed by atoms with Crippen molar-refractivity contribution in [3.8, 4) is 0 Å². The van der Waals surface area contributed by atoms with E-state index in [2.05, 4.69) is 5.16 Å². The number of carbonyl (C=O) groups excluding carboxylic acids is 1. The molecule has 1 aliphatic carbocycles. The maximum absolute atomic E-state index is 11.2. The molecule has 0 aromatic heterocycles. The number of carbonyl (C=O) groups is 1. The van der Waals surface area contributed by atoms with E-state index in [1.54, 1.807) is 0 Å². The highest BCUT2D eigenvalue weighted by Gasteiger charge is 2.42. The second-order valence-corrected chi connectivity index (χ2v) is 3.49. The Bertz CT molecular complexity index is 232. The lowest BCUT2D eigenvalue weighted by Gasteiger charge is -2.32. The molecule has 1 rings (SSSR count). The Labute approximate surface area is 76.8 Å². The van der Waals surface area contributed by atoms with Crippen molar-refractivity contribution in [1.82, 2.24) is 0 Å². The fourth-order valence-corrected chi connectivity index (χ4v) is 1.88. The first kappa shape index (κ1) is 9.83. The van der Waals surface area contributed by atoms with Gasteiger partial charge in [-0.15, -0.1) is 0 Å². The van der Waals surface area contributed by atoms with E-state index < -0.39 is 11.3 Å². The van der Waals surface area contributed by atoms with Gasteiger partial charge in [-0.3, -0.25) is 4.79 Å². The predicted octanol–water partition coefficient (Wildman–Crippen LogP) is 0.169. The monoisotopic (exact) mass is 185 g/mol. The molecule has 0 heterocycles. The summed E-state index contributed by atoms with van der Waals surface area (Å²) >= 11 is 0. The van der Waals surface area contributed by atoms with Gasteiger partial charge >= 0.3 is 0 Å². The predicted molar refractivity (Wildman–Crippen MR) is 48.1 cm³/mol. The Morgan fingerprint density at radius 1 is 1.23 bits per heavy atom. The molecular weight excluding hydrogens is 170 g/mol. The summed E-state index contributed by atoms with van der Waals surface area (Å²) in [5.41, 5.74) is 9.85. The first-order valence-corrected chi connectivity index (χ1v) is 4.41. The van der Waals surface area contributed by atoms with Crippen LogP contribution in [0.5, 0.6) is 0 Å². The fourth-order valence-electron chi connectivity index (χ4n) is 1.88. The SMILES string of the molecule is NC(=O)C1(/C(N)=N/O)CCCCC1. The minimum atomic E-state index is -0.896. The van der Waals surface area contributed by atoms with Gasteiger partial charge < -0.3 is 16.7 Å². The number of amidine groups is 1. The molecule has 0 atom stereocenters. The quantitative estimate of drug-likeness (QED) is 0.247. The molecule has 1 amide bonds. The molecule has 74 valence electrons. The van der Waals surface area contributed by atoms with Crippen molar-refractivity contribution in [3.63, 3.8) is 0 Å². The van der Waals surface area contributed by atoms with E-state index in [1.165, 1.54) is 0 Å². The molecule has 0 bridgehead atoms. The highest BCUT2D eigenvalue weighted by molar-refractivity contribution is 6.06. The van der Waals surface area contributed by atoms with Crippen molar-refractivity contribution in [2.45, 2.75) is 32.1 Å². The van der Waals surface area contributed by atoms with Crippen LogP contribution in [0.1, 0.15) is 32.1 Å². The van der Waals surface area contributed by atoms with Crippen molar-refractivity contribution in [1.29, 1.82) is 0 Å². The van der Waals surface area contributed by atoms with Gasteiger partial charge in [0.1, 0.15) is 5.41 Å². The lowest BCUT2D eigenvalue weighted by Crippen LogP contribution is -2.48. The minimum absolute atomic E-state index is 0.0419. The van der Waals surface area contributed by atoms with E-state index in [1.807, 2.05) is 0 Å². The van der Waals surface area contributed by atoms with Crippen LogP contribution in [0, 0.1) is 5.41 Å². The van der Waals surface area contributed by atoms with Crippen molar-refractivity contribution < 1.29 is 10.0 Å². The van der Waals surface area contributed by atoms with Crippen LogP contribution in [0.25, 0.3) is 0 Å². The summed E-state index contributed by atoms with van der Waals surface area (Å²) in [7, 11) is 0. The lowest BCUT2D eigenvalue weighted by molar-refractivity contribution is -0.125. The molecule has 0 aromatic carbocycles. The second kappa shape index (κ2) is 3.64. The van der Waals surface area contributed by atoms with Crippen LogP contribution in [0.2, 0.25) is 0 Å². The zero-order valence-corrected chi connectivity index (χ0v) is 7.49. The van der Waals surface area contributed by atoms with Gasteiger partial charge in [-0.25, -0.2) is 0 Å².